The standard InChI is InChI=1S/C2H4O2.Ba.Li.2H2O/c1-2(3)4;;;;/h1H3,(H,3,4);;;2*1H2/q;+2;+1;;/p-3. The van der Waals surface area contributed by atoms with Crippen molar-refractivity contribution in [1.82, 2.24) is 0 Å². The van der Waals surface area contributed by atoms with Gasteiger partial charge in [-0.25, -0.2) is 0 Å². The predicted molar refractivity (Wildman–Crippen MR) is 20.3 cm³/mol. The van der Waals surface area contributed by atoms with Gasteiger partial charge in [-0.3, -0.25) is 0 Å². The maximum atomic E-state index is 8.89. The molecule has 8 heavy (non-hydrogen) atoms. The molecule has 0 bridgehead atoms. The second-order valence-electron chi connectivity index (χ2n) is 0.492. The van der Waals surface area contributed by atoms with Crippen LogP contribution in [0.4, 0.5) is 0 Å². The van der Waals surface area contributed by atoms with Crippen LogP contribution in [0, 0.1) is 0 Å². The summed E-state index contributed by atoms with van der Waals surface area (Å²) in [5, 5.41) is 8.89. The summed E-state index contributed by atoms with van der Waals surface area (Å²) in [6, 6.07) is 0. The van der Waals surface area contributed by atoms with Crippen LogP contribution in [0.5, 0.6) is 0 Å². The predicted octanol–water partition coefficient (Wildman–Crippen LogP) is -4.97. The number of rotatable bonds is 0. The molecule has 0 rings (SSSR count). The molecule has 6 heteroatoms. The maximum absolute atomic E-state index is 8.89. The fraction of sp³-hybridized carbons (Fsp3) is 0.500. The van der Waals surface area contributed by atoms with Crippen LogP contribution in [-0.4, -0.2) is 65.8 Å². The van der Waals surface area contributed by atoms with Gasteiger partial charge in [-0.2, -0.15) is 0 Å². The van der Waals surface area contributed by atoms with Crippen LogP contribution in [-0.2, 0) is 4.79 Å². The molecule has 0 saturated heterocycles. The van der Waals surface area contributed by atoms with Gasteiger partial charge in [0.2, 0.25) is 0 Å². The van der Waals surface area contributed by atoms with E-state index in [1.54, 1.807) is 0 Å². The minimum atomic E-state index is -1.08. The van der Waals surface area contributed by atoms with Gasteiger partial charge in [-0.05, 0) is 6.92 Å². The summed E-state index contributed by atoms with van der Waals surface area (Å²) in [7, 11) is 0. The quantitative estimate of drug-likeness (QED) is 0.394. The number of carboxylic acid groups (broad SMARTS) is 1. The number of hydrogen-bond acceptors (Lipinski definition) is 4. The van der Waals surface area contributed by atoms with Gasteiger partial charge in [0.15, 0.2) is 0 Å². The van der Waals surface area contributed by atoms with E-state index in [4.69, 9.17) is 9.90 Å². The molecule has 4 nitrogen and oxygen atoms in total. The fourth-order valence-electron chi connectivity index (χ4n) is 0. The minimum Gasteiger partial charge on any atom is -0.870 e. The van der Waals surface area contributed by atoms with Gasteiger partial charge in [-0.1, -0.05) is 0 Å². The van der Waals surface area contributed by atoms with Crippen LogP contribution >= 0.6 is 0 Å². The van der Waals surface area contributed by atoms with Crippen molar-refractivity contribution in [2.45, 2.75) is 6.92 Å². The third-order valence-electron chi connectivity index (χ3n) is 0. The van der Waals surface area contributed by atoms with E-state index in [1.165, 1.54) is 0 Å². The second kappa shape index (κ2) is 23.5. The smallest absolute Gasteiger partial charge is 0.870 e. The van der Waals surface area contributed by atoms with Gasteiger partial charge < -0.3 is 20.9 Å². The van der Waals surface area contributed by atoms with Crippen molar-refractivity contribution in [3.05, 3.63) is 0 Å². The molecular formula is C2H5BaLiO4. The average molecular weight is 237 g/mol. The number of aliphatic carboxylic acids is 1. The Morgan fingerprint density at radius 3 is 1.38 bits per heavy atom. The molecule has 0 saturated carbocycles. The van der Waals surface area contributed by atoms with Crippen molar-refractivity contribution in [1.29, 1.82) is 0 Å². The second-order valence-corrected chi connectivity index (χ2v) is 0.492. The van der Waals surface area contributed by atoms with Gasteiger partial charge in [0.1, 0.15) is 0 Å². The SMILES string of the molecule is CC(=O)[O-].[Ba+2].[Li+].[OH-].[OH-]. The zero-order valence-electron chi connectivity index (χ0n) is 4.92. The molecule has 2 N–H and O–H groups in total. The Balaban J connectivity index is -0.00000000750. The maximum Gasteiger partial charge on any atom is 2.00 e. The van der Waals surface area contributed by atoms with E-state index in [1.807, 2.05) is 0 Å². The molecule has 0 amide bonds. The van der Waals surface area contributed by atoms with Crippen molar-refractivity contribution in [2.24, 2.45) is 0 Å². The molecule has 0 aromatic carbocycles. The van der Waals surface area contributed by atoms with Gasteiger partial charge in [0.05, 0.1) is 0 Å². The first-order valence-electron chi connectivity index (χ1n) is 0.908. The van der Waals surface area contributed by atoms with Crippen LogP contribution in [0.25, 0.3) is 0 Å². The molecule has 0 aliphatic heterocycles. The molecule has 0 unspecified atom stereocenters. The van der Waals surface area contributed by atoms with Crippen molar-refractivity contribution < 1.29 is 39.7 Å². The number of carboxylic acids is 1. The number of carbonyl (C=O) groups is 1. The molecule has 0 atom stereocenters. The summed E-state index contributed by atoms with van der Waals surface area (Å²) >= 11 is 0. The van der Waals surface area contributed by atoms with Crippen molar-refractivity contribution in [3.8, 4) is 0 Å². The summed E-state index contributed by atoms with van der Waals surface area (Å²) in [5.74, 6) is -1.08. The van der Waals surface area contributed by atoms with Crippen molar-refractivity contribution in [2.75, 3.05) is 0 Å². The van der Waals surface area contributed by atoms with E-state index in [2.05, 4.69) is 0 Å². The Hall–Kier alpha value is 1.56. The topological polar surface area (TPSA) is 100 Å². The molecule has 0 aliphatic carbocycles. The minimum absolute atomic E-state index is 0. The Kier molecular flexibility index (Phi) is 99.1. The van der Waals surface area contributed by atoms with Crippen LogP contribution < -0.4 is 24.0 Å². The summed E-state index contributed by atoms with van der Waals surface area (Å²) in [6.07, 6.45) is 0. The monoisotopic (exact) mass is 238 g/mol. The van der Waals surface area contributed by atoms with E-state index in [0.29, 0.717) is 0 Å². The Bertz CT molecular complexity index is 37.0. The van der Waals surface area contributed by atoms with E-state index in [9.17, 15) is 0 Å². The van der Waals surface area contributed by atoms with E-state index in [0.717, 1.165) is 6.92 Å². The van der Waals surface area contributed by atoms with E-state index >= 15 is 0 Å². The first-order chi connectivity index (χ1) is 1.73. The molecule has 0 heterocycles. The summed E-state index contributed by atoms with van der Waals surface area (Å²) in [4.78, 5) is 8.89. The summed E-state index contributed by atoms with van der Waals surface area (Å²) in [5.41, 5.74) is 0. The van der Waals surface area contributed by atoms with Gasteiger partial charge in [0.25, 0.3) is 0 Å². The average Bonchev–Trinajstić information content (AvgIpc) is 0.811. The molecule has 40 valence electrons. The largest absolute Gasteiger partial charge is 2.00 e. The van der Waals surface area contributed by atoms with Crippen LogP contribution in [0.1, 0.15) is 6.92 Å². The van der Waals surface area contributed by atoms with E-state index < -0.39 is 5.97 Å². The molecular weight excluding hydrogens is 232 g/mol. The summed E-state index contributed by atoms with van der Waals surface area (Å²) in [6.45, 7) is 0.972. The Morgan fingerprint density at radius 1 is 1.38 bits per heavy atom. The molecule has 0 aromatic rings. The third-order valence-corrected chi connectivity index (χ3v) is 0. The first kappa shape index (κ1) is 33.7. The van der Waals surface area contributed by atoms with Crippen LogP contribution in [0.2, 0.25) is 0 Å². The zero-order valence-corrected chi connectivity index (χ0v) is 9.36. The van der Waals surface area contributed by atoms with E-state index in [-0.39, 0.29) is 78.7 Å². The number of carbonyl (C=O) groups excluding carboxylic acids is 1. The molecule has 0 fully saturated rings. The number of hydrogen-bond donors (Lipinski definition) is 0. The molecule has 0 aliphatic rings. The van der Waals surface area contributed by atoms with Crippen molar-refractivity contribution >= 4 is 54.9 Å². The molecule has 0 radical (unpaired) electrons. The van der Waals surface area contributed by atoms with Crippen LogP contribution in [0.3, 0.4) is 0 Å². The first-order valence-corrected chi connectivity index (χ1v) is 0.908. The molecule has 0 spiro atoms. The Morgan fingerprint density at radius 2 is 1.38 bits per heavy atom. The fourth-order valence-corrected chi connectivity index (χ4v) is 0. The van der Waals surface area contributed by atoms with Crippen molar-refractivity contribution in [3.63, 3.8) is 0 Å². The van der Waals surface area contributed by atoms with Gasteiger partial charge in [0, 0.05) is 5.97 Å². The zero-order chi connectivity index (χ0) is 3.58. The molecule has 0 aromatic heterocycles. The Labute approximate surface area is 99.9 Å². The third kappa shape index (κ3) is 134. The van der Waals surface area contributed by atoms with Gasteiger partial charge >= 0.3 is 67.7 Å². The van der Waals surface area contributed by atoms with Crippen LogP contribution in [0.15, 0.2) is 0 Å². The normalized spacial score (nSPS) is 3.12. The van der Waals surface area contributed by atoms with Gasteiger partial charge in [-0.15, -0.1) is 0 Å². The summed E-state index contributed by atoms with van der Waals surface area (Å²) < 4.78 is 0.